The van der Waals surface area contributed by atoms with Crippen molar-refractivity contribution in [2.45, 2.75) is 194 Å². The van der Waals surface area contributed by atoms with Crippen LogP contribution in [0.15, 0.2) is 142 Å². The number of ether oxygens (including phenoxy) is 4. The van der Waals surface area contributed by atoms with Crippen molar-refractivity contribution in [1.82, 2.24) is 0 Å². The number of carbonyl (C=O) groups excluding carboxylic acids is 2. The average Bonchev–Trinajstić information content (AvgIpc) is 1.37. The fourth-order valence-electron chi connectivity index (χ4n) is 24.1. The normalized spacial score (nSPS) is 34.5. The zero-order chi connectivity index (χ0) is 65.0. The minimum atomic E-state index is -1.35. The molecule has 1 saturated heterocycles. The second-order valence-electron chi connectivity index (χ2n) is 31.7. The van der Waals surface area contributed by atoms with E-state index in [1.54, 1.807) is 7.11 Å². The second kappa shape index (κ2) is 23.2. The van der Waals surface area contributed by atoms with Gasteiger partial charge in [0.05, 0.1) is 25.4 Å². The molecule has 6 aromatic rings. The molecule has 11 nitrogen and oxygen atoms in total. The lowest BCUT2D eigenvalue weighted by atomic mass is 9.48. The van der Waals surface area contributed by atoms with E-state index in [1.165, 1.54) is 74.9 Å². The summed E-state index contributed by atoms with van der Waals surface area (Å²) in [6.07, 6.45) is 28.3. The molecule has 5 fully saturated rings. The molecule has 16 atom stereocenters. The molecule has 5 heterocycles. The number of rotatable bonds is 8. The van der Waals surface area contributed by atoms with Crippen LogP contribution >= 0.6 is 0 Å². The summed E-state index contributed by atoms with van der Waals surface area (Å²) in [6.45, 7) is 0.848. The van der Waals surface area contributed by atoms with Gasteiger partial charge < -0.3 is 38.7 Å². The standard InChI is InChI=1S/C85H90O11/c1-48(45-87)64-41-71-62-27-22-52-39-65(62)55(43-82(71)33-7-8-34-82)44-83-35-11-36-84(73(83)42-66-59-16-5-3-12-49(59)23-30-69(66)83)79(95-80(64)90)78(76-72(96-84)31-29-63-67(46-88)75(81(91)94-77(63)76)53(32-37-86)47-92-2)93-74(89)40-54-38-51(21-26-58(52)54)60-17-10-19-70-61(60)28-25-57-15-9-14-56-24-20-50-13-4-6-18-68(50)85(56,57)70/h3-6,10,12-13,16-24,26-27,29-31,39,51,53-58,66,69,71,73,78-79,86-88H,7-9,11,14-15,25,28,32-38,40-47H2,1-2H3. The van der Waals surface area contributed by atoms with E-state index in [4.69, 9.17) is 23.4 Å². The Bertz CT molecular complexity index is 4360. The fraction of sp³-hybridized carbons (Fsp3) is 0.494. The van der Waals surface area contributed by atoms with E-state index in [0.717, 1.165) is 70.6 Å². The van der Waals surface area contributed by atoms with Gasteiger partial charge in [-0.1, -0.05) is 141 Å². The van der Waals surface area contributed by atoms with E-state index in [2.05, 4.69) is 121 Å². The molecule has 0 amide bonds. The average molecular weight is 1290 g/mol. The molecule has 496 valence electrons. The fourth-order valence-corrected chi connectivity index (χ4v) is 24.1. The second-order valence-corrected chi connectivity index (χ2v) is 31.7. The Balaban J connectivity index is 0.873. The van der Waals surface area contributed by atoms with Crippen molar-refractivity contribution < 1.29 is 48.3 Å². The summed E-state index contributed by atoms with van der Waals surface area (Å²) >= 11 is 0. The summed E-state index contributed by atoms with van der Waals surface area (Å²) in [6, 6.07) is 36.2. The lowest BCUT2D eigenvalue weighted by molar-refractivity contribution is -0.222. The van der Waals surface area contributed by atoms with Crippen LogP contribution in [0.3, 0.4) is 0 Å². The number of esters is 2. The van der Waals surface area contributed by atoms with Gasteiger partial charge in [-0.2, -0.15) is 0 Å². The van der Waals surface area contributed by atoms with Gasteiger partial charge in [0.1, 0.15) is 11.3 Å². The van der Waals surface area contributed by atoms with Crippen molar-refractivity contribution in [3.05, 3.63) is 215 Å². The first-order valence-electron chi connectivity index (χ1n) is 36.7. The Hall–Kier alpha value is -7.15. The molecule has 11 heteroatoms. The monoisotopic (exact) mass is 1290 g/mol. The van der Waals surface area contributed by atoms with Gasteiger partial charge in [-0.05, 0) is 234 Å². The van der Waals surface area contributed by atoms with E-state index in [-0.39, 0.29) is 108 Å². The van der Waals surface area contributed by atoms with E-state index in [0.29, 0.717) is 58.9 Å². The third kappa shape index (κ3) is 8.86. The minimum Gasteiger partial charge on any atom is -0.482 e. The van der Waals surface area contributed by atoms with Gasteiger partial charge in [0.2, 0.25) is 0 Å². The van der Waals surface area contributed by atoms with Crippen LogP contribution in [0, 0.1) is 40.4 Å². The largest absolute Gasteiger partial charge is 0.482 e. The van der Waals surface area contributed by atoms with Gasteiger partial charge in [-0.15, -0.1) is 0 Å². The van der Waals surface area contributed by atoms with E-state index >= 15 is 14.4 Å². The highest BCUT2D eigenvalue weighted by molar-refractivity contribution is 5.91. The molecule has 8 bridgehead atoms. The first kappa shape index (κ1) is 61.2. The number of methoxy groups -OCH3 is 1. The van der Waals surface area contributed by atoms with Crippen LogP contribution in [-0.4, -0.2) is 65.9 Å². The molecule has 1 aromatic heterocycles. The zero-order valence-corrected chi connectivity index (χ0v) is 55.6. The summed E-state index contributed by atoms with van der Waals surface area (Å²) in [5, 5.41) is 33.7. The summed E-state index contributed by atoms with van der Waals surface area (Å²) in [4.78, 5) is 48.0. The first-order valence-corrected chi connectivity index (χ1v) is 36.7. The lowest BCUT2D eigenvalue weighted by Gasteiger charge is -2.59. The Labute approximate surface area is 563 Å². The third-order valence-corrected chi connectivity index (χ3v) is 27.8. The van der Waals surface area contributed by atoms with Crippen LogP contribution in [0.25, 0.3) is 23.1 Å². The predicted octanol–water partition coefficient (Wildman–Crippen LogP) is 16.1. The maximum absolute atomic E-state index is 16.5. The number of fused-ring (bicyclic) bond motifs is 15. The Morgan fingerprint density at radius 3 is 2.41 bits per heavy atom. The summed E-state index contributed by atoms with van der Waals surface area (Å²) in [7, 11) is 1.54. The van der Waals surface area contributed by atoms with E-state index < -0.39 is 53.3 Å². The highest BCUT2D eigenvalue weighted by Gasteiger charge is 2.71. The maximum atomic E-state index is 16.5. The Morgan fingerprint density at radius 1 is 0.740 bits per heavy atom. The molecule has 9 aliphatic carbocycles. The van der Waals surface area contributed by atoms with Crippen molar-refractivity contribution in [2.24, 2.45) is 40.4 Å². The number of hydrogen-bond acceptors (Lipinski definition) is 11. The maximum Gasteiger partial charge on any atom is 0.340 e. The molecule has 4 aliphatic heterocycles. The van der Waals surface area contributed by atoms with Crippen LogP contribution in [0.4, 0.5) is 0 Å². The quantitative estimate of drug-likeness (QED) is 0.0576. The summed E-state index contributed by atoms with van der Waals surface area (Å²) in [5.74, 6) is -0.503. The van der Waals surface area contributed by atoms with Crippen LogP contribution in [0.5, 0.6) is 5.75 Å². The highest BCUT2D eigenvalue weighted by Crippen LogP contribution is 2.73. The van der Waals surface area contributed by atoms with Crippen molar-refractivity contribution >= 4 is 35.1 Å². The van der Waals surface area contributed by atoms with Crippen molar-refractivity contribution in [3.63, 3.8) is 0 Å². The number of aliphatic hydroxyl groups is 3. The smallest absolute Gasteiger partial charge is 0.340 e. The lowest BCUT2D eigenvalue weighted by Crippen LogP contribution is -2.65. The SMILES string of the molecule is COCC(CCO)c1c(CO)c2ccc3c(c2oc1=O)C1OC(=O)CC2CC(c4cccc5c4CCC4CCCC6C=Cc7ccccc7C564)C=CC2c2ccc4c(c2)C2CC5(CCCC5)C4CC(=C(C)CO)C(=O)OC1C1(CCCC4(C2)C2C=Cc5ccccc5C2CC41)O3. The molecule has 3 N–H and O–H groups in total. The Morgan fingerprint density at radius 2 is 1.56 bits per heavy atom. The number of carbonyl (C=O) groups is 2. The molecule has 16 unspecified atom stereocenters. The third-order valence-electron chi connectivity index (χ3n) is 27.8. The highest BCUT2D eigenvalue weighted by atomic mass is 16.6. The molecule has 13 aliphatic rings. The predicted molar refractivity (Wildman–Crippen MR) is 369 cm³/mol. The minimum absolute atomic E-state index is 0.0141. The van der Waals surface area contributed by atoms with Crippen LogP contribution in [0.1, 0.15) is 236 Å². The number of aliphatic hydroxyl groups excluding tert-OH is 3. The first-order chi connectivity index (χ1) is 46.9. The van der Waals surface area contributed by atoms with Crippen molar-refractivity contribution in [3.8, 4) is 5.75 Å². The molecular formula is C85H90O11. The van der Waals surface area contributed by atoms with Crippen molar-refractivity contribution in [2.75, 3.05) is 26.9 Å². The number of benzene rings is 5. The van der Waals surface area contributed by atoms with Gasteiger partial charge >= 0.3 is 17.6 Å². The van der Waals surface area contributed by atoms with Gasteiger partial charge in [0.25, 0.3) is 0 Å². The van der Waals surface area contributed by atoms with Crippen LogP contribution in [0.2, 0.25) is 0 Å². The molecule has 0 radical (unpaired) electrons. The topological polar surface area (TPSA) is 162 Å². The molecule has 96 heavy (non-hydrogen) atoms. The van der Waals surface area contributed by atoms with E-state index in [9.17, 15) is 15.3 Å². The zero-order valence-electron chi connectivity index (χ0n) is 55.6. The Kier molecular flexibility index (Phi) is 14.8. The van der Waals surface area contributed by atoms with Crippen LogP contribution in [-0.2, 0) is 42.2 Å². The molecule has 4 saturated carbocycles. The van der Waals surface area contributed by atoms with Crippen LogP contribution < -0.4 is 10.4 Å². The molecule has 3 spiro atoms. The number of allylic oxidation sites excluding steroid dienone is 4. The number of hydrogen-bond donors (Lipinski definition) is 3. The molecule has 5 aromatic carbocycles. The van der Waals surface area contributed by atoms with Crippen molar-refractivity contribution in [1.29, 1.82) is 0 Å². The summed E-state index contributed by atoms with van der Waals surface area (Å²) < 4.78 is 35.3. The molecule has 19 rings (SSSR count). The van der Waals surface area contributed by atoms with Gasteiger partial charge in [-0.3, -0.25) is 4.79 Å². The van der Waals surface area contributed by atoms with Gasteiger partial charge in [0, 0.05) is 65.7 Å². The van der Waals surface area contributed by atoms with Gasteiger partial charge in [-0.25, -0.2) is 9.59 Å². The van der Waals surface area contributed by atoms with E-state index in [1.807, 2.05) is 19.1 Å². The van der Waals surface area contributed by atoms with Gasteiger partial charge in [0.15, 0.2) is 17.8 Å². The summed E-state index contributed by atoms with van der Waals surface area (Å²) in [5.41, 5.74) is 12.8. The molecular weight excluding hydrogens is 1200 g/mol.